The molecule has 1 aliphatic rings. The number of amides is 1. The molecule has 1 amide bonds. The van der Waals surface area contributed by atoms with Crippen molar-refractivity contribution < 1.29 is 4.79 Å². The van der Waals surface area contributed by atoms with Gasteiger partial charge < -0.3 is 10.6 Å². The van der Waals surface area contributed by atoms with E-state index in [0.717, 1.165) is 0 Å². The lowest BCUT2D eigenvalue weighted by Crippen LogP contribution is -2.35. The van der Waals surface area contributed by atoms with Crippen LogP contribution in [0.3, 0.4) is 0 Å². The molecule has 0 aromatic rings. The largest absolute Gasteiger partial charge is 0.369 e. The zero-order chi connectivity index (χ0) is 7.02. The summed E-state index contributed by atoms with van der Waals surface area (Å²) in [4.78, 5) is 15.6. The molecule has 0 saturated carbocycles. The summed E-state index contributed by atoms with van der Waals surface area (Å²) in [7, 11) is 1.67. The van der Waals surface area contributed by atoms with E-state index >= 15 is 0 Å². The predicted octanol–water partition coefficient (Wildman–Crippen LogP) is -0.971. The third kappa shape index (κ3) is 0.873. The molecule has 0 radical (unpaired) electrons. The Labute approximate surface area is 58.1 Å². The van der Waals surface area contributed by atoms with Crippen LogP contribution in [-0.4, -0.2) is 29.2 Å². The summed E-state index contributed by atoms with van der Waals surface area (Å²) in [5, 5.41) is -0.481. The molecule has 1 heterocycles. The standard InChI is InChI=1S/C4H7N3OS/c1-7-3(9)2(8)6-4(7)5/h3,9H,1H3,(H2,5,6,8). The molecule has 5 heteroatoms. The van der Waals surface area contributed by atoms with Gasteiger partial charge in [-0.3, -0.25) is 4.79 Å². The van der Waals surface area contributed by atoms with Crippen LogP contribution in [0.1, 0.15) is 0 Å². The van der Waals surface area contributed by atoms with Crippen LogP contribution in [0.5, 0.6) is 0 Å². The molecule has 0 saturated heterocycles. The topological polar surface area (TPSA) is 58.7 Å². The number of hydrogen-bond donors (Lipinski definition) is 2. The van der Waals surface area contributed by atoms with Crippen molar-refractivity contribution in [3.8, 4) is 0 Å². The minimum atomic E-state index is -0.481. The fraction of sp³-hybridized carbons (Fsp3) is 0.500. The smallest absolute Gasteiger partial charge is 0.281 e. The van der Waals surface area contributed by atoms with Gasteiger partial charge in [0, 0.05) is 7.05 Å². The van der Waals surface area contributed by atoms with Crippen molar-refractivity contribution in [2.24, 2.45) is 10.7 Å². The Bertz CT molecular complexity index is 179. The highest BCUT2D eigenvalue weighted by molar-refractivity contribution is 7.81. The first-order chi connectivity index (χ1) is 4.13. The Kier molecular flexibility index (Phi) is 1.36. The van der Waals surface area contributed by atoms with Gasteiger partial charge in [0.15, 0.2) is 11.3 Å². The zero-order valence-electron chi connectivity index (χ0n) is 4.90. The highest BCUT2D eigenvalue weighted by Gasteiger charge is 2.26. The van der Waals surface area contributed by atoms with E-state index in [4.69, 9.17) is 5.73 Å². The second-order valence-corrected chi connectivity index (χ2v) is 2.28. The first-order valence-electron chi connectivity index (χ1n) is 2.42. The molecule has 2 N–H and O–H groups in total. The quantitative estimate of drug-likeness (QED) is 0.431. The van der Waals surface area contributed by atoms with Crippen molar-refractivity contribution in [2.75, 3.05) is 7.05 Å². The molecule has 0 aliphatic carbocycles. The van der Waals surface area contributed by atoms with E-state index in [0.29, 0.717) is 0 Å². The minimum absolute atomic E-state index is 0.236. The monoisotopic (exact) mass is 145 g/mol. The maximum Gasteiger partial charge on any atom is 0.281 e. The first kappa shape index (κ1) is 6.41. The second kappa shape index (κ2) is 1.91. The summed E-state index contributed by atoms with van der Waals surface area (Å²) in [6.07, 6.45) is 0. The lowest BCUT2D eigenvalue weighted by atomic mass is 10.6. The molecular formula is C4H7N3OS. The SMILES string of the molecule is CN1C(N)=NC(=O)C1S. The van der Waals surface area contributed by atoms with Crippen LogP contribution in [0, 0.1) is 0 Å². The molecule has 50 valence electrons. The van der Waals surface area contributed by atoms with Gasteiger partial charge >= 0.3 is 0 Å². The van der Waals surface area contributed by atoms with E-state index in [9.17, 15) is 4.79 Å². The minimum Gasteiger partial charge on any atom is -0.369 e. The average molecular weight is 145 g/mol. The summed E-state index contributed by atoms with van der Waals surface area (Å²) in [5.74, 6) is -0.0571. The lowest BCUT2D eigenvalue weighted by molar-refractivity contribution is -0.117. The van der Waals surface area contributed by atoms with Gasteiger partial charge in [-0.2, -0.15) is 4.99 Å². The number of nitrogens with two attached hydrogens (primary N) is 1. The number of carbonyl (C=O) groups excluding carboxylic acids is 1. The molecule has 0 spiro atoms. The van der Waals surface area contributed by atoms with Crippen molar-refractivity contribution in [3.63, 3.8) is 0 Å². The number of thiol groups is 1. The Morgan fingerprint density at radius 3 is 2.56 bits per heavy atom. The Balaban J connectivity index is 2.82. The number of aliphatic imine (C=N–C) groups is 1. The van der Waals surface area contributed by atoms with Crippen LogP contribution in [0.4, 0.5) is 0 Å². The second-order valence-electron chi connectivity index (χ2n) is 1.79. The third-order valence-corrected chi connectivity index (χ3v) is 1.74. The number of rotatable bonds is 0. The zero-order valence-corrected chi connectivity index (χ0v) is 5.80. The van der Waals surface area contributed by atoms with E-state index in [-0.39, 0.29) is 11.9 Å². The van der Waals surface area contributed by atoms with Crippen molar-refractivity contribution in [1.82, 2.24) is 4.90 Å². The molecule has 0 aromatic heterocycles. The van der Waals surface area contributed by atoms with E-state index in [2.05, 4.69) is 17.6 Å². The molecule has 9 heavy (non-hydrogen) atoms. The number of likely N-dealkylation sites (N-methyl/N-ethyl adjacent to an activating group) is 1. The normalized spacial score (nSPS) is 26.9. The van der Waals surface area contributed by atoms with Crippen molar-refractivity contribution >= 4 is 24.5 Å². The maximum absolute atomic E-state index is 10.6. The van der Waals surface area contributed by atoms with Gasteiger partial charge in [0.05, 0.1) is 0 Å². The molecule has 4 nitrogen and oxygen atoms in total. The highest BCUT2D eigenvalue weighted by Crippen LogP contribution is 2.09. The van der Waals surface area contributed by atoms with Crippen LogP contribution in [-0.2, 0) is 4.79 Å². The average Bonchev–Trinajstić information content (AvgIpc) is 1.98. The van der Waals surface area contributed by atoms with E-state index < -0.39 is 5.37 Å². The first-order valence-corrected chi connectivity index (χ1v) is 2.93. The molecule has 0 fully saturated rings. The van der Waals surface area contributed by atoms with Crippen LogP contribution in [0.25, 0.3) is 0 Å². The van der Waals surface area contributed by atoms with E-state index in [1.54, 1.807) is 7.05 Å². The van der Waals surface area contributed by atoms with Crippen LogP contribution < -0.4 is 5.73 Å². The van der Waals surface area contributed by atoms with Gasteiger partial charge in [-0.05, 0) is 0 Å². The van der Waals surface area contributed by atoms with Gasteiger partial charge in [-0.15, -0.1) is 12.6 Å². The van der Waals surface area contributed by atoms with Crippen LogP contribution >= 0.6 is 12.6 Å². The fourth-order valence-corrected chi connectivity index (χ4v) is 0.716. The summed E-state index contributed by atoms with van der Waals surface area (Å²) in [5.41, 5.74) is 5.27. The van der Waals surface area contributed by atoms with Crippen LogP contribution in [0.2, 0.25) is 0 Å². The molecule has 1 rings (SSSR count). The predicted molar refractivity (Wildman–Crippen MR) is 37.2 cm³/mol. The molecule has 1 aliphatic heterocycles. The Hall–Kier alpha value is -0.710. The molecular weight excluding hydrogens is 138 g/mol. The van der Waals surface area contributed by atoms with Gasteiger partial charge in [0.25, 0.3) is 5.91 Å². The van der Waals surface area contributed by atoms with E-state index in [1.165, 1.54) is 4.90 Å². The summed E-state index contributed by atoms with van der Waals surface area (Å²) >= 11 is 3.92. The van der Waals surface area contributed by atoms with Gasteiger partial charge in [0.2, 0.25) is 0 Å². The number of hydrogen-bond acceptors (Lipinski definition) is 4. The molecule has 0 aromatic carbocycles. The third-order valence-electron chi connectivity index (χ3n) is 1.17. The van der Waals surface area contributed by atoms with Crippen molar-refractivity contribution in [2.45, 2.75) is 5.37 Å². The van der Waals surface area contributed by atoms with Crippen LogP contribution in [0.15, 0.2) is 4.99 Å². The maximum atomic E-state index is 10.6. The molecule has 0 bridgehead atoms. The number of carbonyl (C=O) groups is 1. The fourth-order valence-electron chi connectivity index (χ4n) is 0.540. The summed E-state index contributed by atoms with van der Waals surface area (Å²) in [6, 6.07) is 0. The van der Waals surface area contributed by atoms with Crippen molar-refractivity contribution in [3.05, 3.63) is 0 Å². The summed E-state index contributed by atoms with van der Waals surface area (Å²) in [6.45, 7) is 0. The summed E-state index contributed by atoms with van der Waals surface area (Å²) < 4.78 is 0. The molecule has 1 unspecified atom stereocenters. The van der Waals surface area contributed by atoms with E-state index in [1.807, 2.05) is 0 Å². The number of guanidine groups is 1. The van der Waals surface area contributed by atoms with Gasteiger partial charge in [0.1, 0.15) is 0 Å². The van der Waals surface area contributed by atoms with Crippen molar-refractivity contribution in [1.29, 1.82) is 0 Å². The van der Waals surface area contributed by atoms with Gasteiger partial charge in [-0.1, -0.05) is 0 Å². The number of nitrogens with zero attached hydrogens (tertiary/aromatic N) is 2. The Morgan fingerprint density at radius 1 is 1.89 bits per heavy atom. The lowest BCUT2D eigenvalue weighted by Gasteiger charge is -2.13. The Morgan fingerprint density at radius 2 is 2.44 bits per heavy atom. The van der Waals surface area contributed by atoms with Gasteiger partial charge in [-0.25, -0.2) is 0 Å². The molecule has 1 atom stereocenters. The highest BCUT2D eigenvalue weighted by atomic mass is 32.1.